The van der Waals surface area contributed by atoms with Gasteiger partial charge in [-0.3, -0.25) is 14.4 Å². The lowest BCUT2D eigenvalue weighted by atomic mass is 10.2. The highest BCUT2D eigenvalue weighted by atomic mass is 35.5. The summed E-state index contributed by atoms with van der Waals surface area (Å²) in [5, 5.41) is 2.63. The van der Waals surface area contributed by atoms with Gasteiger partial charge in [-0.1, -0.05) is 11.6 Å². The number of amides is 1. The van der Waals surface area contributed by atoms with Crippen LogP contribution in [-0.2, 0) is 14.3 Å². The molecule has 0 fully saturated rings. The zero-order valence-corrected chi connectivity index (χ0v) is 17.2. The van der Waals surface area contributed by atoms with Crippen LogP contribution in [-0.4, -0.2) is 38.0 Å². The number of rotatable bonds is 9. The molecule has 1 aromatic carbocycles. The lowest BCUT2D eigenvalue weighted by Crippen LogP contribution is -2.30. The van der Waals surface area contributed by atoms with Crippen LogP contribution in [0.3, 0.4) is 0 Å². The summed E-state index contributed by atoms with van der Waals surface area (Å²) in [6.45, 7) is 1.45. The molecule has 1 heterocycles. The van der Waals surface area contributed by atoms with Gasteiger partial charge in [0.15, 0.2) is 11.9 Å². The third-order valence-corrected chi connectivity index (χ3v) is 5.02. The number of Topliss-reactive ketones (excluding diaryl/α,β-unsaturated/α-hetero) is 1. The monoisotopic (exact) mass is 425 g/mol. The first-order chi connectivity index (χ1) is 13.3. The van der Waals surface area contributed by atoms with E-state index in [1.807, 2.05) is 0 Å². The van der Waals surface area contributed by atoms with Crippen molar-refractivity contribution in [3.63, 3.8) is 0 Å². The molecule has 0 spiro atoms. The smallest absolute Gasteiger partial charge is 0.307 e. The van der Waals surface area contributed by atoms with Crippen LogP contribution in [0, 0.1) is 0 Å². The van der Waals surface area contributed by atoms with E-state index in [4.69, 9.17) is 25.8 Å². The molecule has 1 aromatic heterocycles. The number of halogens is 1. The van der Waals surface area contributed by atoms with Crippen LogP contribution in [0.2, 0.25) is 4.34 Å². The Kier molecular flexibility index (Phi) is 7.83. The molecule has 0 saturated heterocycles. The zero-order chi connectivity index (χ0) is 20.7. The number of hydrogen-bond acceptors (Lipinski definition) is 7. The molecule has 150 valence electrons. The van der Waals surface area contributed by atoms with Gasteiger partial charge in [0.1, 0.15) is 11.5 Å². The SMILES string of the molecule is COc1ccc(OC)c(NC(=O)C(C)OC(=O)CCC(=O)c2ccc(Cl)s2)c1. The van der Waals surface area contributed by atoms with E-state index in [1.165, 1.54) is 21.1 Å². The van der Waals surface area contributed by atoms with Crippen LogP contribution in [0.1, 0.15) is 29.4 Å². The molecule has 28 heavy (non-hydrogen) atoms. The summed E-state index contributed by atoms with van der Waals surface area (Å²) in [4.78, 5) is 36.7. The molecule has 0 bridgehead atoms. The molecule has 1 amide bonds. The number of carbonyl (C=O) groups excluding carboxylic acids is 3. The number of hydrogen-bond donors (Lipinski definition) is 1. The number of benzene rings is 1. The fraction of sp³-hybridized carbons (Fsp3) is 0.316. The Hall–Kier alpha value is -2.58. The Morgan fingerprint density at radius 3 is 2.46 bits per heavy atom. The second kappa shape index (κ2) is 10.1. The molecule has 2 rings (SSSR count). The quantitative estimate of drug-likeness (QED) is 0.483. The van der Waals surface area contributed by atoms with Gasteiger partial charge in [-0.05, 0) is 31.2 Å². The van der Waals surface area contributed by atoms with Crippen LogP contribution in [0.25, 0.3) is 0 Å². The number of ketones is 1. The number of methoxy groups -OCH3 is 2. The predicted molar refractivity (Wildman–Crippen MR) is 107 cm³/mol. The maximum absolute atomic E-state index is 12.3. The lowest BCUT2D eigenvalue weighted by Gasteiger charge is -2.15. The summed E-state index contributed by atoms with van der Waals surface area (Å²) >= 11 is 6.94. The first-order valence-electron chi connectivity index (χ1n) is 8.35. The zero-order valence-electron chi connectivity index (χ0n) is 15.6. The topological polar surface area (TPSA) is 90.9 Å². The number of nitrogens with one attached hydrogen (secondary N) is 1. The highest BCUT2D eigenvalue weighted by molar-refractivity contribution is 7.18. The van der Waals surface area contributed by atoms with Gasteiger partial charge < -0.3 is 19.5 Å². The molecule has 9 heteroatoms. The maximum Gasteiger partial charge on any atom is 0.307 e. The molecule has 1 atom stereocenters. The molecule has 7 nitrogen and oxygen atoms in total. The molecule has 0 radical (unpaired) electrons. The molecular weight excluding hydrogens is 406 g/mol. The van der Waals surface area contributed by atoms with Gasteiger partial charge in [0, 0.05) is 12.5 Å². The average molecular weight is 426 g/mol. The van der Waals surface area contributed by atoms with Crippen LogP contribution in [0.4, 0.5) is 5.69 Å². The molecule has 2 aromatic rings. The maximum atomic E-state index is 12.3. The third kappa shape index (κ3) is 5.97. The Bertz CT molecular complexity index is 866. The van der Waals surface area contributed by atoms with Crippen molar-refractivity contribution in [2.75, 3.05) is 19.5 Å². The average Bonchev–Trinajstić information content (AvgIpc) is 3.12. The minimum atomic E-state index is -1.05. The van der Waals surface area contributed by atoms with Crippen molar-refractivity contribution in [3.8, 4) is 11.5 Å². The normalized spacial score (nSPS) is 11.4. The highest BCUT2D eigenvalue weighted by Gasteiger charge is 2.20. The van der Waals surface area contributed by atoms with Gasteiger partial charge in [-0.15, -0.1) is 11.3 Å². The van der Waals surface area contributed by atoms with Crippen molar-refractivity contribution >= 4 is 46.3 Å². The molecule has 0 aliphatic carbocycles. The van der Waals surface area contributed by atoms with Crippen LogP contribution < -0.4 is 14.8 Å². The van der Waals surface area contributed by atoms with E-state index >= 15 is 0 Å². The summed E-state index contributed by atoms with van der Waals surface area (Å²) < 4.78 is 15.9. The minimum Gasteiger partial charge on any atom is -0.497 e. The Morgan fingerprint density at radius 2 is 1.86 bits per heavy atom. The van der Waals surface area contributed by atoms with Gasteiger partial charge in [0.05, 0.1) is 35.5 Å². The molecule has 0 aliphatic heterocycles. The molecular formula is C19H20ClNO6S. The van der Waals surface area contributed by atoms with Gasteiger partial charge in [-0.25, -0.2) is 0 Å². The summed E-state index contributed by atoms with van der Waals surface area (Å²) in [7, 11) is 2.97. The van der Waals surface area contributed by atoms with Gasteiger partial charge >= 0.3 is 5.97 Å². The second-order valence-corrected chi connectivity index (χ2v) is 7.43. The molecule has 0 aliphatic rings. The first kappa shape index (κ1) is 21.7. The third-order valence-electron chi connectivity index (χ3n) is 3.75. The Morgan fingerprint density at radius 1 is 1.11 bits per heavy atom. The van der Waals surface area contributed by atoms with Crippen molar-refractivity contribution in [1.29, 1.82) is 0 Å². The van der Waals surface area contributed by atoms with Crippen molar-refractivity contribution in [2.24, 2.45) is 0 Å². The van der Waals surface area contributed by atoms with E-state index in [1.54, 1.807) is 30.3 Å². The summed E-state index contributed by atoms with van der Waals surface area (Å²) in [6.07, 6.45) is -1.20. The first-order valence-corrected chi connectivity index (χ1v) is 9.54. The Balaban J connectivity index is 1.88. The van der Waals surface area contributed by atoms with Gasteiger partial charge in [0.25, 0.3) is 5.91 Å². The molecule has 1 unspecified atom stereocenters. The van der Waals surface area contributed by atoms with E-state index in [2.05, 4.69) is 5.32 Å². The highest BCUT2D eigenvalue weighted by Crippen LogP contribution is 2.29. The minimum absolute atomic E-state index is 0.0201. The predicted octanol–water partition coefficient (Wildman–Crippen LogP) is 3.95. The van der Waals surface area contributed by atoms with E-state index in [9.17, 15) is 14.4 Å². The fourth-order valence-electron chi connectivity index (χ4n) is 2.26. The van der Waals surface area contributed by atoms with E-state index < -0.39 is 18.0 Å². The summed E-state index contributed by atoms with van der Waals surface area (Å²) in [6, 6.07) is 8.16. The summed E-state index contributed by atoms with van der Waals surface area (Å²) in [5.41, 5.74) is 0.388. The van der Waals surface area contributed by atoms with E-state index in [0.717, 1.165) is 11.3 Å². The van der Waals surface area contributed by atoms with Crippen molar-refractivity contribution < 1.29 is 28.6 Å². The van der Waals surface area contributed by atoms with Crippen molar-refractivity contribution in [3.05, 3.63) is 39.5 Å². The van der Waals surface area contributed by atoms with E-state index in [-0.39, 0.29) is 18.6 Å². The van der Waals surface area contributed by atoms with Crippen molar-refractivity contribution in [1.82, 2.24) is 0 Å². The lowest BCUT2D eigenvalue weighted by molar-refractivity contribution is -0.153. The van der Waals surface area contributed by atoms with Gasteiger partial charge in [0.2, 0.25) is 0 Å². The number of carbonyl (C=O) groups is 3. The van der Waals surface area contributed by atoms with E-state index in [0.29, 0.717) is 26.4 Å². The number of thiophene rings is 1. The number of ether oxygens (including phenoxy) is 3. The van der Waals surface area contributed by atoms with Crippen LogP contribution in [0.5, 0.6) is 11.5 Å². The second-order valence-electron chi connectivity index (χ2n) is 5.71. The van der Waals surface area contributed by atoms with Crippen LogP contribution in [0.15, 0.2) is 30.3 Å². The van der Waals surface area contributed by atoms with Crippen LogP contribution >= 0.6 is 22.9 Å². The van der Waals surface area contributed by atoms with Crippen molar-refractivity contribution in [2.45, 2.75) is 25.9 Å². The summed E-state index contributed by atoms with van der Waals surface area (Å²) in [5.74, 6) is -0.402. The standard InChI is InChI=1S/C19H20ClNO6S/c1-11(19(24)21-13-10-12(25-2)4-6-15(13)26-3)27-18(23)9-5-14(22)16-7-8-17(20)28-16/h4,6-8,10-11H,5,9H2,1-3H3,(H,21,24). The number of anilines is 1. The van der Waals surface area contributed by atoms with Gasteiger partial charge in [-0.2, -0.15) is 0 Å². The molecule has 1 N–H and O–H groups in total. The molecule has 0 saturated carbocycles. The Labute approximate surface area is 171 Å². The number of esters is 1. The largest absolute Gasteiger partial charge is 0.497 e. The fourth-order valence-corrected chi connectivity index (χ4v) is 3.27.